The first-order valence-corrected chi connectivity index (χ1v) is 5.38. The number of carbonyl (C=O) groups is 1. The standard InChI is InChI=1S/C11H10ClF3O3/c1-2-17-10(16)9(18-11(13,14)15)7-3-5-8(12)6-4-7/h3-6,9H,2H2,1H3. The molecule has 0 heterocycles. The lowest BCUT2D eigenvalue weighted by atomic mass is 10.1. The molecule has 1 unspecified atom stereocenters. The van der Waals surface area contributed by atoms with E-state index >= 15 is 0 Å². The minimum atomic E-state index is -4.93. The topological polar surface area (TPSA) is 35.5 Å². The zero-order valence-corrected chi connectivity index (χ0v) is 10.1. The normalized spacial score (nSPS) is 13.2. The van der Waals surface area contributed by atoms with Gasteiger partial charge in [0.1, 0.15) is 0 Å². The molecule has 0 aliphatic carbocycles. The van der Waals surface area contributed by atoms with Gasteiger partial charge in [-0.25, -0.2) is 4.79 Å². The van der Waals surface area contributed by atoms with Crippen molar-refractivity contribution in [2.75, 3.05) is 6.61 Å². The van der Waals surface area contributed by atoms with Gasteiger partial charge in [0.2, 0.25) is 0 Å². The molecular formula is C11H10ClF3O3. The zero-order valence-electron chi connectivity index (χ0n) is 9.33. The molecule has 1 aromatic carbocycles. The Bertz CT molecular complexity index is 403. The van der Waals surface area contributed by atoms with Crippen LogP contribution in [-0.2, 0) is 14.3 Å². The van der Waals surface area contributed by atoms with Crippen LogP contribution >= 0.6 is 11.6 Å². The maximum Gasteiger partial charge on any atom is 0.523 e. The summed E-state index contributed by atoms with van der Waals surface area (Å²) in [4.78, 5) is 11.4. The number of halogens is 4. The molecule has 0 aliphatic heterocycles. The Morgan fingerprint density at radius 2 is 1.89 bits per heavy atom. The molecule has 7 heteroatoms. The van der Waals surface area contributed by atoms with Crippen molar-refractivity contribution in [3.8, 4) is 0 Å². The van der Waals surface area contributed by atoms with Crippen LogP contribution in [0.1, 0.15) is 18.6 Å². The van der Waals surface area contributed by atoms with E-state index in [9.17, 15) is 18.0 Å². The van der Waals surface area contributed by atoms with Crippen LogP contribution in [0.5, 0.6) is 0 Å². The van der Waals surface area contributed by atoms with Gasteiger partial charge >= 0.3 is 12.3 Å². The van der Waals surface area contributed by atoms with Crippen LogP contribution in [0.2, 0.25) is 5.02 Å². The van der Waals surface area contributed by atoms with E-state index in [4.69, 9.17) is 11.6 Å². The summed E-state index contributed by atoms with van der Waals surface area (Å²) in [5, 5.41) is 0.341. The van der Waals surface area contributed by atoms with E-state index in [1.54, 1.807) is 0 Å². The van der Waals surface area contributed by atoms with Crippen molar-refractivity contribution in [3.63, 3.8) is 0 Å². The van der Waals surface area contributed by atoms with Crippen LogP contribution in [-0.4, -0.2) is 18.9 Å². The van der Waals surface area contributed by atoms with Gasteiger partial charge < -0.3 is 4.74 Å². The van der Waals surface area contributed by atoms with Gasteiger partial charge in [0.25, 0.3) is 0 Å². The molecule has 0 N–H and O–H groups in total. The molecule has 0 aromatic heterocycles. The molecule has 0 bridgehead atoms. The Kier molecular flexibility index (Phi) is 4.98. The monoisotopic (exact) mass is 282 g/mol. The summed E-state index contributed by atoms with van der Waals surface area (Å²) >= 11 is 5.61. The molecule has 100 valence electrons. The zero-order chi connectivity index (χ0) is 13.8. The van der Waals surface area contributed by atoms with Crippen LogP contribution in [0, 0.1) is 0 Å². The van der Waals surface area contributed by atoms with Crippen LogP contribution in [0.4, 0.5) is 13.2 Å². The van der Waals surface area contributed by atoms with Crippen LogP contribution in [0.25, 0.3) is 0 Å². The summed E-state index contributed by atoms with van der Waals surface area (Å²) in [7, 11) is 0. The number of benzene rings is 1. The van der Waals surface area contributed by atoms with Crippen LogP contribution < -0.4 is 0 Å². The van der Waals surface area contributed by atoms with Gasteiger partial charge in [-0.05, 0) is 24.6 Å². The molecule has 0 aliphatic rings. The first kappa shape index (κ1) is 14.8. The largest absolute Gasteiger partial charge is 0.523 e. The van der Waals surface area contributed by atoms with Crippen LogP contribution in [0.3, 0.4) is 0 Å². The number of hydrogen-bond acceptors (Lipinski definition) is 3. The first-order valence-electron chi connectivity index (χ1n) is 5.00. The molecule has 0 saturated carbocycles. The second-order valence-corrected chi connectivity index (χ2v) is 3.68. The fourth-order valence-corrected chi connectivity index (χ4v) is 1.37. The molecule has 18 heavy (non-hydrogen) atoms. The molecule has 0 amide bonds. The number of ether oxygens (including phenoxy) is 2. The predicted octanol–water partition coefficient (Wildman–Crippen LogP) is 3.48. The minimum Gasteiger partial charge on any atom is -0.464 e. The fourth-order valence-electron chi connectivity index (χ4n) is 1.24. The van der Waals surface area contributed by atoms with Gasteiger partial charge in [0.05, 0.1) is 6.61 Å². The summed E-state index contributed by atoms with van der Waals surface area (Å²) < 4.78 is 44.9. The number of carbonyl (C=O) groups excluding carboxylic acids is 1. The Balaban J connectivity index is 2.96. The van der Waals surface area contributed by atoms with Crippen molar-refractivity contribution in [1.82, 2.24) is 0 Å². The van der Waals surface area contributed by atoms with E-state index < -0.39 is 18.4 Å². The van der Waals surface area contributed by atoms with E-state index in [2.05, 4.69) is 9.47 Å². The van der Waals surface area contributed by atoms with Gasteiger partial charge in [-0.2, -0.15) is 0 Å². The van der Waals surface area contributed by atoms with Gasteiger partial charge in [0.15, 0.2) is 6.10 Å². The third kappa shape index (κ3) is 4.54. The maximum atomic E-state index is 12.2. The highest BCUT2D eigenvalue weighted by Gasteiger charge is 2.38. The van der Waals surface area contributed by atoms with Gasteiger partial charge in [-0.15, -0.1) is 13.2 Å². The summed E-state index contributed by atoms with van der Waals surface area (Å²) in [6, 6.07) is 5.27. The molecule has 0 spiro atoms. The Hall–Kier alpha value is -1.27. The number of esters is 1. The average Bonchev–Trinajstić information content (AvgIpc) is 2.26. The molecule has 1 atom stereocenters. The predicted molar refractivity (Wildman–Crippen MR) is 58.0 cm³/mol. The van der Waals surface area contributed by atoms with Crippen molar-refractivity contribution < 1.29 is 27.4 Å². The highest BCUT2D eigenvalue weighted by Crippen LogP contribution is 2.29. The molecule has 3 nitrogen and oxygen atoms in total. The molecule has 1 aromatic rings. The van der Waals surface area contributed by atoms with Gasteiger partial charge in [-0.3, -0.25) is 4.74 Å². The van der Waals surface area contributed by atoms with Crippen LogP contribution in [0.15, 0.2) is 24.3 Å². The highest BCUT2D eigenvalue weighted by molar-refractivity contribution is 6.30. The number of alkyl halides is 3. The second-order valence-electron chi connectivity index (χ2n) is 3.25. The van der Waals surface area contributed by atoms with Crippen molar-refractivity contribution in [2.24, 2.45) is 0 Å². The lowest BCUT2D eigenvalue weighted by Crippen LogP contribution is -2.26. The fraction of sp³-hybridized carbons (Fsp3) is 0.364. The smallest absolute Gasteiger partial charge is 0.464 e. The van der Waals surface area contributed by atoms with E-state index in [0.29, 0.717) is 5.02 Å². The Morgan fingerprint density at radius 1 is 1.33 bits per heavy atom. The van der Waals surface area contributed by atoms with Crippen molar-refractivity contribution in [2.45, 2.75) is 19.4 Å². The SMILES string of the molecule is CCOC(=O)C(OC(F)(F)F)c1ccc(Cl)cc1. The number of rotatable bonds is 4. The lowest BCUT2D eigenvalue weighted by molar-refractivity contribution is -0.342. The molecule has 0 fully saturated rings. The summed E-state index contributed by atoms with van der Waals surface area (Å²) in [6.07, 6.45) is -6.78. The highest BCUT2D eigenvalue weighted by atomic mass is 35.5. The Morgan fingerprint density at radius 3 is 2.33 bits per heavy atom. The third-order valence-electron chi connectivity index (χ3n) is 1.92. The van der Waals surface area contributed by atoms with E-state index in [0.717, 1.165) is 0 Å². The summed E-state index contributed by atoms with van der Waals surface area (Å²) in [5.41, 5.74) is 0.0233. The molecular weight excluding hydrogens is 273 g/mol. The van der Waals surface area contributed by atoms with Crippen molar-refractivity contribution in [3.05, 3.63) is 34.9 Å². The van der Waals surface area contributed by atoms with Gasteiger partial charge in [0, 0.05) is 5.02 Å². The first-order chi connectivity index (χ1) is 8.33. The van der Waals surface area contributed by atoms with E-state index in [-0.39, 0.29) is 12.2 Å². The third-order valence-corrected chi connectivity index (χ3v) is 2.18. The second kappa shape index (κ2) is 6.06. The molecule has 0 radical (unpaired) electrons. The van der Waals surface area contributed by atoms with Gasteiger partial charge in [-0.1, -0.05) is 23.7 Å². The lowest BCUT2D eigenvalue weighted by Gasteiger charge is -2.18. The minimum absolute atomic E-state index is 0.0233. The Labute approximate surface area is 106 Å². The van der Waals surface area contributed by atoms with E-state index in [1.165, 1.54) is 31.2 Å². The van der Waals surface area contributed by atoms with E-state index in [1.807, 2.05) is 0 Å². The number of hydrogen-bond donors (Lipinski definition) is 0. The van der Waals surface area contributed by atoms with Crippen molar-refractivity contribution in [1.29, 1.82) is 0 Å². The average molecular weight is 283 g/mol. The summed E-state index contributed by atoms with van der Waals surface area (Å²) in [6.45, 7) is 1.45. The van der Waals surface area contributed by atoms with Crippen molar-refractivity contribution >= 4 is 17.6 Å². The molecule has 1 rings (SSSR count). The maximum absolute atomic E-state index is 12.2. The molecule has 0 saturated heterocycles. The quantitative estimate of drug-likeness (QED) is 0.793. The summed E-state index contributed by atoms with van der Waals surface area (Å²) in [5.74, 6) is -1.10.